The molecule has 5 aromatic rings. The first kappa shape index (κ1) is 25.1. The number of aliphatic carboxylic acids is 1. The molecule has 11 nitrogen and oxygen atoms in total. The number of carboxylic acids is 1. The zero-order valence-corrected chi connectivity index (χ0v) is 19.3. The summed E-state index contributed by atoms with van der Waals surface area (Å²) in [7, 11) is 1.63. The molecule has 0 radical (unpaired) electrons. The highest BCUT2D eigenvalue weighted by molar-refractivity contribution is 5.91. The second-order valence-corrected chi connectivity index (χ2v) is 7.41. The Labute approximate surface area is 206 Å². The number of hydrogen-bond donors (Lipinski definition) is 2. The number of nitrogens with zero attached hydrogens (tertiary/aromatic N) is 6. The largest absolute Gasteiger partial charge is 0.497 e. The van der Waals surface area contributed by atoms with Crippen LogP contribution in [0.1, 0.15) is 5.56 Å². The molecule has 3 aromatic heterocycles. The molecule has 0 aliphatic heterocycles. The standard InChI is InChI=1S/C21H17N7O2.C2HF3O2/c1-13-7-14(27-21-16-5-4-15(29-2)8-17(16)22-10-24-21)3-6-18(13)30-20-9-19-23-11-26-28(19)12-25-20;3-2(4,5)1(6)7/h3-12H,1-2H3,(H,22,24,27);(H,6,7). The van der Waals surface area contributed by atoms with Crippen molar-refractivity contribution in [1.29, 1.82) is 0 Å². The molecule has 5 rings (SSSR count). The summed E-state index contributed by atoms with van der Waals surface area (Å²) in [6, 6.07) is 13.2. The zero-order valence-electron chi connectivity index (χ0n) is 19.3. The number of aryl methyl sites for hydroxylation is 1. The van der Waals surface area contributed by atoms with Gasteiger partial charge in [-0.25, -0.2) is 29.2 Å². The van der Waals surface area contributed by atoms with Crippen molar-refractivity contribution in [1.82, 2.24) is 29.5 Å². The molecule has 0 saturated heterocycles. The molecule has 0 unspecified atom stereocenters. The van der Waals surface area contributed by atoms with Gasteiger partial charge in [0.05, 0.1) is 12.6 Å². The van der Waals surface area contributed by atoms with Gasteiger partial charge in [-0.1, -0.05) is 0 Å². The van der Waals surface area contributed by atoms with E-state index in [1.807, 2.05) is 43.3 Å². The van der Waals surface area contributed by atoms with Gasteiger partial charge < -0.3 is 19.9 Å². The average molecular weight is 513 g/mol. The minimum Gasteiger partial charge on any atom is -0.497 e. The predicted octanol–water partition coefficient (Wildman–Crippen LogP) is 4.55. The van der Waals surface area contributed by atoms with Crippen LogP contribution in [0.3, 0.4) is 0 Å². The van der Waals surface area contributed by atoms with Crippen LogP contribution in [0.4, 0.5) is 24.7 Å². The van der Waals surface area contributed by atoms with Crippen LogP contribution in [0, 0.1) is 6.92 Å². The molecule has 0 aliphatic rings. The van der Waals surface area contributed by atoms with Gasteiger partial charge in [0, 0.05) is 23.2 Å². The van der Waals surface area contributed by atoms with E-state index in [0.29, 0.717) is 17.3 Å². The lowest BCUT2D eigenvalue weighted by atomic mass is 10.2. The molecule has 2 aromatic carbocycles. The van der Waals surface area contributed by atoms with E-state index >= 15 is 0 Å². The fraction of sp³-hybridized carbons (Fsp3) is 0.130. The average Bonchev–Trinajstić information content (AvgIpc) is 3.33. The Kier molecular flexibility index (Phi) is 6.99. The van der Waals surface area contributed by atoms with E-state index in [1.54, 1.807) is 24.0 Å². The van der Waals surface area contributed by atoms with Crippen molar-refractivity contribution in [3.63, 3.8) is 0 Å². The molecule has 3 heterocycles. The Hall–Kier alpha value is -5.01. The summed E-state index contributed by atoms with van der Waals surface area (Å²) in [5.41, 5.74) is 3.31. The van der Waals surface area contributed by atoms with Crippen molar-refractivity contribution in [3.05, 3.63) is 67.0 Å². The number of methoxy groups -OCH3 is 1. The molecular weight excluding hydrogens is 495 g/mol. The molecule has 0 atom stereocenters. The Balaban J connectivity index is 0.000000405. The van der Waals surface area contributed by atoms with Crippen LogP contribution < -0.4 is 14.8 Å². The zero-order chi connectivity index (χ0) is 26.6. The summed E-state index contributed by atoms with van der Waals surface area (Å²) in [4.78, 5) is 26.0. The van der Waals surface area contributed by atoms with Gasteiger partial charge in [-0.05, 0) is 42.8 Å². The number of aromatic nitrogens is 6. The number of alkyl halides is 3. The van der Waals surface area contributed by atoms with Crippen molar-refractivity contribution in [2.24, 2.45) is 0 Å². The lowest BCUT2D eigenvalue weighted by Crippen LogP contribution is -2.21. The monoisotopic (exact) mass is 513 g/mol. The van der Waals surface area contributed by atoms with Crippen LogP contribution in [-0.4, -0.2) is 53.9 Å². The van der Waals surface area contributed by atoms with Crippen molar-refractivity contribution in [2.45, 2.75) is 13.1 Å². The maximum atomic E-state index is 10.6. The number of rotatable bonds is 5. The van der Waals surface area contributed by atoms with Crippen LogP contribution in [0.2, 0.25) is 0 Å². The minimum absolute atomic E-state index is 0.454. The number of benzene rings is 2. The smallest absolute Gasteiger partial charge is 0.490 e. The van der Waals surface area contributed by atoms with E-state index in [-0.39, 0.29) is 0 Å². The third kappa shape index (κ3) is 5.98. The van der Waals surface area contributed by atoms with Crippen LogP contribution >= 0.6 is 0 Å². The fourth-order valence-electron chi connectivity index (χ4n) is 3.12. The SMILES string of the molecule is COc1ccc2c(Nc3ccc(Oc4cc5ncnn5cn4)c(C)c3)ncnc2c1.O=C(O)C(F)(F)F. The quantitative estimate of drug-likeness (QED) is 0.344. The maximum absolute atomic E-state index is 10.6. The number of fused-ring (bicyclic) bond motifs is 2. The summed E-state index contributed by atoms with van der Waals surface area (Å²) in [5, 5.41) is 15.4. The molecule has 37 heavy (non-hydrogen) atoms. The number of halogens is 3. The summed E-state index contributed by atoms with van der Waals surface area (Å²) >= 11 is 0. The van der Waals surface area contributed by atoms with Gasteiger partial charge in [-0.3, -0.25) is 0 Å². The van der Waals surface area contributed by atoms with Gasteiger partial charge >= 0.3 is 12.1 Å². The molecule has 0 saturated carbocycles. The Morgan fingerprint density at radius 1 is 1.03 bits per heavy atom. The van der Waals surface area contributed by atoms with Crippen molar-refractivity contribution < 1.29 is 32.5 Å². The topological polar surface area (TPSA) is 137 Å². The van der Waals surface area contributed by atoms with E-state index in [1.165, 1.54) is 12.7 Å². The third-order valence-electron chi connectivity index (χ3n) is 4.89. The number of carboxylic acid groups (broad SMARTS) is 1. The van der Waals surface area contributed by atoms with Gasteiger partial charge in [0.2, 0.25) is 5.88 Å². The summed E-state index contributed by atoms with van der Waals surface area (Å²) in [6.07, 6.45) is -0.516. The molecule has 0 amide bonds. The summed E-state index contributed by atoms with van der Waals surface area (Å²) in [5.74, 6) is -0.131. The Bertz CT molecular complexity index is 1570. The number of anilines is 2. The van der Waals surface area contributed by atoms with Gasteiger partial charge in [0.25, 0.3) is 0 Å². The van der Waals surface area contributed by atoms with Crippen LogP contribution in [0.15, 0.2) is 61.4 Å². The van der Waals surface area contributed by atoms with Gasteiger partial charge in [0.1, 0.15) is 36.3 Å². The highest BCUT2D eigenvalue weighted by Crippen LogP contribution is 2.30. The van der Waals surface area contributed by atoms with Crippen LogP contribution in [0.25, 0.3) is 16.6 Å². The molecule has 190 valence electrons. The molecule has 0 aliphatic carbocycles. The lowest BCUT2D eigenvalue weighted by Gasteiger charge is -2.12. The van der Waals surface area contributed by atoms with E-state index in [0.717, 1.165) is 33.7 Å². The number of hydrogen-bond acceptors (Lipinski definition) is 9. The maximum Gasteiger partial charge on any atom is 0.490 e. The molecule has 0 spiro atoms. The molecular formula is C23H18F3N7O4. The van der Waals surface area contributed by atoms with Crippen molar-refractivity contribution >= 4 is 34.0 Å². The van der Waals surface area contributed by atoms with Gasteiger partial charge in [-0.15, -0.1) is 0 Å². The summed E-state index contributed by atoms with van der Waals surface area (Å²) in [6.45, 7) is 1.97. The van der Waals surface area contributed by atoms with E-state index in [2.05, 4.69) is 30.4 Å². The number of nitrogens with one attached hydrogen (secondary N) is 1. The van der Waals surface area contributed by atoms with Gasteiger partial charge in [0.15, 0.2) is 5.65 Å². The molecule has 0 bridgehead atoms. The van der Waals surface area contributed by atoms with Crippen LogP contribution in [-0.2, 0) is 4.79 Å². The first-order valence-corrected chi connectivity index (χ1v) is 10.4. The predicted molar refractivity (Wildman–Crippen MR) is 125 cm³/mol. The normalized spacial score (nSPS) is 11.1. The van der Waals surface area contributed by atoms with Crippen LogP contribution in [0.5, 0.6) is 17.4 Å². The van der Waals surface area contributed by atoms with E-state index in [4.69, 9.17) is 19.4 Å². The molecule has 0 fully saturated rings. The third-order valence-corrected chi connectivity index (χ3v) is 4.89. The fourth-order valence-corrected chi connectivity index (χ4v) is 3.12. The first-order chi connectivity index (χ1) is 17.6. The highest BCUT2D eigenvalue weighted by atomic mass is 19.4. The number of carbonyl (C=O) groups is 1. The van der Waals surface area contributed by atoms with E-state index in [9.17, 15) is 13.2 Å². The Morgan fingerprint density at radius 3 is 2.51 bits per heavy atom. The first-order valence-electron chi connectivity index (χ1n) is 10.4. The second kappa shape index (κ2) is 10.3. The minimum atomic E-state index is -5.08. The Morgan fingerprint density at radius 2 is 1.81 bits per heavy atom. The van der Waals surface area contributed by atoms with E-state index < -0.39 is 12.1 Å². The number of ether oxygens (including phenoxy) is 2. The summed E-state index contributed by atoms with van der Waals surface area (Å²) < 4.78 is 44.5. The lowest BCUT2D eigenvalue weighted by molar-refractivity contribution is -0.192. The molecule has 2 N–H and O–H groups in total. The van der Waals surface area contributed by atoms with Crippen molar-refractivity contribution in [3.8, 4) is 17.4 Å². The van der Waals surface area contributed by atoms with Crippen molar-refractivity contribution in [2.75, 3.05) is 12.4 Å². The highest BCUT2D eigenvalue weighted by Gasteiger charge is 2.38. The second-order valence-electron chi connectivity index (χ2n) is 7.41. The van der Waals surface area contributed by atoms with Gasteiger partial charge in [-0.2, -0.15) is 18.3 Å². The molecule has 14 heteroatoms.